The third-order valence-corrected chi connectivity index (χ3v) is 3.59. The summed E-state index contributed by atoms with van der Waals surface area (Å²) in [4.78, 5) is 13.7. The third-order valence-electron chi connectivity index (χ3n) is 3.24. The van der Waals surface area contributed by atoms with Crippen molar-refractivity contribution in [3.8, 4) is 11.5 Å². The first kappa shape index (κ1) is 13.9. The van der Waals surface area contributed by atoms with Gasteiger partial charge >= 0.3 is 0 Å². The predicted molar refractivity (Wildman–Crippen MR) is 72.7 cm³/mol. The van der Waals surface area contributed by atoms with E-state index < -0.39 is 0 Å². The number of ether oxygens (including phenoxy) is 2. The van der Waals surface area contributed by atoms with Crippen molar-refractivity contribution < 1.29 is 14.3 Å². The Labute approximate surface area is 117 Å². The van der Waals surface area contributed by atoms with Crippen LogP contribution in [-0.2, 0) is 11.3 Å². The van der Waals surface area contributed by atoms with Crippen LogP contribution in [0.25, 0.3) is 0 Å². The number of aliphatic imine (C=N–C) groups is 1. The summed E-state index contributed by atoms with van der Waals surface area (Å²) in [7, 11) is 1.58. The van der Waals surface area contributed by atoms with Crippen molar-refractivity contribution in [2.75, 3.05) is 7.11 Å². The molecule has 2 rings (SSSR count). The molecule has 0 amide bonds. The van der Waals surface area contributed by atoms with Crippen LogP contribution in [0.1, 0.15) is 31.2 Å². The molecule has 0 spiro atoms. The smallest absolute Gasteiger partial charge is 0.235 e. The summed E-state index contributed by atoms with van der Waals surface area (Å²) < 4.78 is 11.2. The van der Waals surface area contributed by atoms with Crippen molar-refractivity contribution >= 4 is 17.7 Å². The van der Waals surface area contributed by atoms with E-state index in [0.717, 1.165) is 18.4 Å². The summed E-state index contributed by atoms with van der Waals surface area (Å²) in [5.41, 5.74) is 0.723. The summed E-state index contributed by atoms with van der Waals surface area (Å²) in [5, 5.41) is 0.521. The lowest BCUT2D eigenvalue weighted by molar-refractivity contribution is 0.200. The second-order valence-corrected chi connectivity index (χ2v) is 4.93. The first-order valence-corrected chi connectivity index (χ1v) is 6.69. The molecule has 0 atom stereocenters. The van der Waals surface area contributed by atoms with E-state index in [-0.39, 0.29) is 12.6 Å². The number of halogens is 1. The maximum Gasteiger partial charge on any atom is 0.235 e. The van der Waals surface area contributed by atoms with Crippen LogP contribution >= 0.6 is 11.6 Å². The highest BCUT2D eigenvalue weighted by molar-refractivity contribution is 6.31. The first-order valence-electron chi connectivity index (χ1n) is 6.31. The normalized spacial score (nSPS) is 15.1. The summed E-state index contributed by atoms with van der Waals surface area (Å²) in [6.45, 7) is 0.197. The average Bonchev–Trinajstić information content (AvgIpc) is 2.91. The van der Waals surface area contributed by atoms with Gasteiger partial charge in [-0.15, -0.1) is 0 Å². The quantitative estimate of drug-likeness (QED) is 0.613. The number of nitrogens with zero attached hydrogens (tertiary/aromatic N) is 1. The van der Waals surface area contributed by atoms with Gasteiger partial charge in [0.1, 0.15) is 0 Å². The number of benzene rings is 1. The van der Waals surface area contributed by atoms with Gasteiger partial charge in [0.05, 0.1) is 19.8 Å². The van der Waals surface area contributed by atoms with Gasteiger partial charge in [0.15, 0.2) is 11.5 Å². The zero-order valence-electron chi connectivity index (χ0n) is 10.8. The van der Waals surface area contributed by atoms with Crippen LogP contribution in [0.15, 0.2) is 17.1 Å². The van der Waals surface area contributed by atoms with Crippen molar-refractivity contribution in [1.82, 2.24) is 0 Å². The number of methoxy groups -OCH3 is 1. The molecule has 4 nitrogen and oxygen atoms in total. The zero-order valence-corrected chi connectivity index (χ0v) is 11.6. The molecule has 1 aliphatic carbocycles. The summed E-state index contributed by atoms with van der Waals surface area (Å²) in [6, 6.07) is 3.49. The van der Waals surface area contributed by atoms with Crippen LogP contribution in [0.3, 0.4) is 0 Å². The molecule has 0 radical (unpaired) electrons. The molecule has 1 aliphatic rings. The maximum absolute atomic E-state index is 10.2. The molecule has 19 heavy (non-hydrogen) atoms. The number of carbonyl (C=O) groups excluding carboxylic acids is 1. The second kappa shape index (κ2) is 6.60. The molecule has 1 aromatic rings. The molecule has 0 aromatic heterocycles. The van der Waals surface area contributed by atoms with E-state index in [2.05, 4.69) is 4.99 Å². The Morgan fingerprint density at radius 2 is 2.11 bits per heavy atom. The van der Waals surface area contributed by atoms with Crippen molar-refractivity contribution in [2.24, 2.45) is 4.99 Å². The molecule has 0 bridgehead atoms. The van der Waals surface area contributed by atoms with Gasteiger partial charge in [-0.25, -0.2) is 9.79 Å². The van der Waals surface area contributed by atoms with Crippen LogP contribution in [0, 0.1) is 0 Å². The van der Waals surface area contributed by atoms with Gasteiger partial charge in [0, 0.05) is 11.1 Å². The Morgan fingerprint density at radius 3 is 2.74 bits per heavy atom. The summed E-state index contributed by atoms with van der Waals surface area (Å²) in [6.07, 6.45) is 6.28. The van der Waals surface area contributed by atoms with Crippen molar-refractivity contribution in [2.45, 2.75) is 38.3 Å². The van der Waals surface area contributed by atoms with Gasteiger partial charge in [-0.3, -0.25) is 0 Å². The van der Waals surface area contributed by atoms with E-state index in [1.165, 1.54) is 18.9 Å². The standard InChI is InChI=1S/C14H16ClNO3/c1-18-13-6-10(8-16-9-17)12(15)7-14(13)19-11-4-2-3-5-11/h6-7,11H,2-5,8H2,1H3. The Morgan fingerprint density at radius 1 is 1.37 bits per heavy atom. The van der Waals surface area contributed by atoms with Gasteiger partial charge in [0.25, 0.3) is 0 Å². The van der Waals surface area contributed by atoms with Crippen LogP contribution in [0.4, 0.5) is 0 Å². The minimum absolute atomic E-state index is 0.197. The number of rotatable bonds is 5. The predicted octanol–water partition coefficient (Wildman–Crippen LogP) is 3.51. The highest BCUT2D eigenvalue weighted by Crippen LogP contribution is 2.36. The summed E-state index contributed by atoms with van der Waals surface area (Å²) in [5.74, 6) is 1.27. The lowest BCUT2D eigenvalue weighted by Crippen LogP contribution is -2.11. The van der Waals surface area contributed by atoms with E-state index in [1.54, 1.807) is 19.2 Å². The van der Waals surface area contributed by atoms with Gasteiger partial charge in [-0.05, 0) is 37.3 Å². The van der Waals surface area contributed by atoms with Crippen molar-refractivity contribution in [1.29, 1.82) is 0 Å². The first-order chi connectivity index (χ1) is 9.24. The number of isocyanates is 1. The highest BCUT2D eigenvalue weighted by Gasteiger charge is 2.19. The topological polar surface area (TPSA) is 47.9 Å². The molecule has 0 N–H and O–H groups in total. The Hall–Kier alpha value is -1.51. The van der Waals surface area contributed by atoms with Crippen LogP contribution < -0.4 is 9.47 Å². The van der Waals surface area contributed by atoms with Crippen LogP contribution in [0.5, 0.6) is 11.5 Å². The average molecular weight is 282 g/mol. The SMILES string of the molecule is COc1cc(CN=C=O)c(Cl)cc1OC1CCCC1. The minimum Gasteiger partial charge on any atom is -0.493 e. The third kappa shape index (κ3) is 3.49. The molecular weight excluding hydrogens is 266 g/mol. The highest BCUT2D eigenvalue weighted by atomic mass is 35.5. The largest absolute Gasteiger partial charge is 0.493 e. The minimum atomic E-state index is 0.197. The molecular formula is C14H16ClNO3. The van der Waals surface area contributed by atoms with E-state index in [0.29, 0.717) is 16.5 Å². The number of hydrogen-bond acceptors (Lipinski definition) is 4. The molecule has 1 aromatic carbocycles. The Balaban J connectivity index is 2.22. The molecule has 0 saturated heterocycles. The van der Waals surface area contributed by atoms with Gasteiger partial charge in [0.2, 0.25) is 6.08 Å². The number of hydrogen-bond donors (Lipinski definition) is 0. The lowest BCUT2D eigenvalue weighted by Gasteiger charge is -2.17. The maximum atomic E-state index is 10.2. The van der Waals surface area contributed by atoms with Gasteiger partial charge in [-0.1, -0.05) is 11.6 Å². The fourth-order valence-electron chi connectivity index (χ4n) is 2.25. The molecule has 0 heterocycles. The van der Waals surface area contributed by atoms with E-state index in [9.17, 15) is 4.79 Å². The molecule has 0 unspecified atom stereocenters. The lowest BCUT2D eigenvalue weighted by atomic mass is 10.2. The monoisotopic (exact) mass is 281 g/mol. The van der Waals surface area contributed by atoms with Crippen LogP contribution in [0.2, 0.25) is 5.02 Å². The fraction of sp³-hybridized carbons (Fsp3) is 0.500. The van der Waals surface area contributed by atoms with Crippen molar-refractivity contribution in [3.05, 3.63) is 22.7 Å². The van der Waals surface area contributed by atoms with E-state index in [1.807, 2.05) is 0 Å². The van der Waals surface area contributed by atoms with Crippen molar-refractivity contribution in [3.63, 3.8) is 0 Å². The molecule has 1 saturated carbocycles. The van der Waals surface area contributed by atoms with Gasteiger partial charge < -0.3 is 9.47 Å². The summed E-state index contributed by atoms with van der Waals surface area (Å²) >= 11 is 6.15. The van der Waals surface area contributed by atoms with E-state index >= 15 is 0 Å². The molecule has 1 fully saturated rings. The second-order valence-electron chi connectivity index (χ2n) is 4.53. The van der Waals surface area contributed by atoms with E-state index in [4.69, 9.17) is 21.1 Å². The fourth-order valence-corrected chi connectivity index (χ4v) is 2.47. The Bertz CT molecular complexity index is 492. The molecule has 0 aliphatic heterocycles. The van der Waals surface area contributed by atoms with Crippen LogP contribution in [-0.4, -0.2) is 19.3 Å². The molecule has 5 heteroatoms. The zero-order chi connectivity index (χ0) is 13.7. The van der Waals surface area contributed by atoms with Gasteiger partial charge in [-0.2, -0.15) is 0 Å². The Kier molecular flexibility index (Phi) is 4.83. The molecule has 102 valence electrons.